The van der Waals surface area contributed by atoms with Crippen molar-refractivity contribution in [3.05, 3.63) is 43.5 Å². The van der Waals surface area contributed by atoms with Crippen LogP contribution in [0.2, 0.25) is 0 Å². The van der Waals surface area contributed by atoms with E-state index in [-0.39, 0.29) is 12.7 Å². The molecule has 0 radical (unpaired) electrons. The van der Waals surface area contributed by atoms with E-state index in [2.05, 4.69) is 10.1 Å². The van der Waals surface area contributed by atoms with Crippen LogP contribution >= 0.6 is 0 Å². The number of hydrogen-bond acceptors (Lipinski definition) is 5. The fraction of sp³-hybridized carbons (Fsp3) is 0.556. The van der Waals surface area contributed by atoms with Gasteiger partial charge in [0.1, 0.15) is 6.23 Å². The summed E-state index contributed by atoms with van der Waals surface area (Å²) < 4.78 is 7.01. The minimum absolute atomic E-state index is 0.124. The van der Waals surface area contributed by atoms with Crippen molar-refractivity contribution in [1.82, 2.24) is 9.24 Å². The lowest BCUT2D eigenvalue weighted by Gasteiger charge is -2.13. The normalized spacial score (nSPS) is 22.7. The van der Waals surface area contributed by atoms with Crippen molar-refractivity contribution >= 4 is 0 Å². The van der Waals surface area contributed by atoms with Gasteiger partial charge < -0.3 is 9.84 Å². The SMILES string of the molecule is [N-]=[N+]=Nn1c(=O)ccn([C@H]2CC[C@@H](CO)O2)c1=O. The third-order valence-electron chi connectivity index (χ3n) is 2.72. The molecule has 1 aliphatic rings. The Bertz CT molecular complexity index is 600. The molecule has 0 spiro atoms. The van der Waals surface area contributed by atoms with Crippen LogP contribution in [0.4, 0.5) is 0 Å². The first kappa shape index (κ1) is 12.4. The summed E-state index contributed by atoms with van der Waals surface area (Å²) >= 11 is 0. The van der Waals surface area contributed by atoms with Crippen LogP contribution in [0.5, 0.6) is 0 Å². The molecule has 1 fully saturated rings. The van der Waals surface area contributed by atoms with E-state index in [1.54, 1.807) is 0 Å². The molecule has 2 atom stereocenters. The number of hydrogen-bond donors (Lipinski definition) is 1. The Balaban J connectivity index is 2.41. The molecule has 0 aliphatic carbocycles. The summed E-state index contributed by atoms with van der Waals surface area (Å²) in [7, 11) is 0. The lowest BCUT2D eigenvalue weighted by atomic mass is 10.2. The van der Waals surface area contributed by atoms with Gasteiger partial charge in [-0.1, -0.05) is 4.68 Å². The Hall–Kier alpha value is -2.09. The van der Waals surface area contributed by atoms with Gasteiger partial charge in [0, 0.05) is 12.3 Å². The van der Waals surface area contributed by atoms with Crippen molar-refractivity contribution in [2.75, 3.05) is 6.61 Å². The van der Waals surface area contributed by atoms with Crippen LogP contribution in [0, 0.1) is 0 Å². The van der Waals surface area contributed by atoms with Crippen molar-refractivity contribution in [3.63, 3.8) is 0 Å². The zero-order chi connectivity index (χ0) is 13.1. The van der Waals surface area contributed by atoms with Gasteiger partial charge in [-0.3, -0.25) is 4.57 Å². The average Bonchev–Trinajstić information content (AvgIpc) is 2.83. The molecule has 96 valence electrons. The zero-order valence-corrected chi connectivity index (χ0v) is 9.34. The van der Waals surface area contributed by atoms with E-state index in [4.69, 9.17) is 15.4 Å². The molecule has 1 aromatic heterocycles. The molecule has 1 saturated heterocycles. The Labute approximate surface area is 100 Å². The van der Waals surface area contributed by atoms with Gasteiger partial charge in [0.25, 0.3) is 0 Å². The Morgan fingerprint density at radius 1 is 1.56 bits per heavy atom. The average molecular weight is 253 g/mol. The third kappa shape index (κ3) is 2.14. The van der Waals surface area contributed by atoms with E-state index in [1.165, 1.54) is 10.8 Å². The van der Waals surface area contributed by atoms with E-state index in [9.17, 15) is 9.59 Å². The lowest BCUT2D eigenvalue weighted by Crippen LogP contribution is -2.38. The van der Waals surface area contributed by atoms with E-state index in [0.29, 0.717) is 17.5 Å². The minimum Gasteiger partial charge on any atom is -0.394 e. The topological polar surface area (TPSA) is 122 Å². The highest BCUT2D eigenvalue weighted by Crippen LogP contribution is 2.26. The molecule has 0 aromatic carbocycles. The molecule has 9 nitrogen and oxygen atoms in total. The summed E-state index contributed by atoms with van der Waals surface area (Å²) in [6, 6.07) is 1.12. The number of aliphatic hydroxyl groups is 1. The van der Waals surface area contributed by atoms with Crippen LogP contribution in [-0.2, 0) is 4.74 Å². The van der Waals surface area contributed by atoms with Crippen LogP contribution in [0.3, 0.4) is 0 Å². The van der Waals surface area contributed by atoms with Gasteiger partial charge >= 0.3 is 11.2 Å². The second-order valence-corrected chi connectivity index (χ2v) is 3.81. The largest absolute Gasteiger partial charge is 0.428 e. The molecular weight excluding hydrogens is 242 g/mol. The first-order valence-corrected chi connectivity index (χ1v) is 5.33. The molecular formula is C9H11N5O4. The maximum atomic E-state index is 11.9. The zero-order valence-electron chi connectivity index (χ0n) is 9.34. The molecule has 0 amide bonds. The molecule has 9 heteroatoms. The number of nitrogens with zero attached hydrogens (tertiary/aromatic N) is 5. The fourth-order valence-corrected chi connectivity index (χ4v) is 1.85. The van der Waals surface area contributed by atoms with Gasteiger partial charge in [-0.25, -0.2) is 9.59 Å². The van der Waals surface area contributed by atoms with Crippen molar-refractivity contribution in [2.24, 2.45) is 5.22 Å². The van der Waals surface area contributed by atoms with Gasteiger partial charge in [0.15, 0.2) is 0 Å². The molecule has 2 heterocycles. The van der Waals surface area contributed by atoms with Gasteiger partial charge in [-0.2, -0.15) is 4.91 Å². The smallest absolute Gasteiger partial charge is 0.394 e. The first-order chi connectivity index (χ1) is 8.67. The quantitative estimate of drug-likeness (QED) is 0.453. The summed E-state index contributed by atoms with van der Waals surface area (Å²) in [5.74, 6) is 0. The summed E-state index contributed by atoms with van der Waals surface area (Å²) in [6.07, 6.45) is 1.57. The van der Waals surface area contributed by atoms with Crippen LogP contribution in [0.15, 0.2) is 27.1 Å². The van der Waals surface area contributed by atoms with E-state index >= 15 is 0 Å². The molecule has 0 bridgehead atoms. The van der Waals surface area contributed by atoms with E-state index in [0.717, 1.165) is 6.07 Å². The van der Waals surface area contributed by atoms with Crippen molar-refractivity contribution < 1.29 is 9.84 Å². The van der Waals surface area contributed by atoms with Crippen LogP contribution in [0.25, 0.3) is 10.4 Å². The molecule has 0 unspecified atom stereocenters. The van der Waals surface area contributed by atoms with E-state index < -0.39 is 17.5 Å². The Morgan fingerprint density at radius 2 is 2.33 bits per heavy atom. The maximum Gasteiger partial charge on any atom is 0.428 e. The van der Waals surface area contributed by atoms with Gasteiger partial charge in [-0.05, 0) is 18.1 Å². The number of aromatic nitrogens is 2. The molecule has 1 aliphatic heterocycles. The van der Waals surface area contributed by atoms with Crippen molar-refractivity contribution in [2.45, 2.75) is 25.2 Å². The highest BCUT2D eigenvalue weighted by atomic mass is 16.5. The minimum atomic E-state index is -0.760. The number of rotatable bonds is 3. The summed E-state index contributed by atoms with van der Waals surface area (Å²) in [6.45, 7) is -0.124. The van der Waals surface area contributed by atoms with Crippen LogP contribution in [0.1, 0.15) is 19.1 Å². The monoisotopic (exact) mass is 253 g/mol. The lowest BCUT2D eigenvalue weighted by molar-refractivity contribution is -0.0251. The first-order valence-electron chi connectivity index (χ1n) is 5.33. The predicted octanol–water partition coefficient (Wildman–Crippen LogP) is -0.247. The Morgan fingerprint density at radius 3 is 2.94 bits per heavy atom. The number of azide groups is 1. The highest BCUT2D eigenvalue weighted by Gasteiger charge is 2.28. The summed E-state index contributed by atoms with van der Waals surface area (Å²) in [5, 5.41) is 12.0. The van der Waals surface area contributed by atoms with Crippen molar-refractivity contribution in [1.29, 1.82) is 0 Å². The van der Waals surface area contributed by atoms with Gasteiger partial charge in [0.2, 0.25) is 0 Å². The Kier molecular flexibility index (Phi) is 3.47. The van der Waals surface area contributed by atoms with Gasteiger partial charge in [0.05, 0.1) is 12.7 Å². The molecule has 1 N–H and O–H groups in total. The van der Waals surface area contributed by atoms with Crippen LogP contribution < -0.4 is 11.2 Å². The highest BCUT2D eigenvalue weighted by molar-refractivity contribution is 4.88. The van der Waals surface area contributed by atoms with E-state index in [1.807, 2.05) is 0 Å². The fourth-order valence-electron chi connectivity index (χ4n) is 1.85. The summed E-state index contributed by atoms with van der Waals surface area (Å²) in [4.78, 5) is 25.6. The molecule has 0 saturated carbocycles. The molecule has 1 aromatic rings. The van der Waals surface area contributed by atoms with Crippen LogP contribution in [-0.4, -0.2) is 27.1 Å². The molecule has 2 rings (SSSR count). The second kappa shape index (κ2) is 5.05. The molecule has 18 heavy (non-hydrogen) atoms. The third-order valence-corrected chi connectivity index (χ3v) is 2.72. The predicted molar refractivity (Wildman–Crippen MR) is 59.7 cm³/mol. The maximum absolute atomic E-state index is 11.9. The van der Waals surface area contributed by atoms with Crippen molar-refractivity contribution in [3.8, 4) is 0 Å². The number of aliphatic hydroxyl groups excluding tert-OH is 1. The van der Waals surface area contributed by atoms with Gasteiger partial charge in [-0.15, -0.1) is 5.53 Å². The second-order valence-electron chi connectivity index (χ2n) is 3.81. The standard InChI is InChI=1S/C9H11N5O4/c10-11-12-14-7(16)3-4-13(9(14)17)8-2-1-6(5-15)18-8/h3-4,6,8,15H,1-2,5H2/t6-,8+/m0/s1. The summed E-state index contributed by atoms with van der Waals surface area (Å²) in [5.41, 5.74) is 6.83. The number of ether oxygens (including phenoxy) is 1.